The molecule has 2 heterocycles. The first-order chi connectivity index (χ1) is 9.78. The Kier molecular flexibility index (Phi) is 3.99. The average Bonchev–Trinajstić information content (AvgIpc) is 2.91. The van der Waals surface area contributed by atoms with Crippen molar-refractivity contribution < 1.29 is 4.74 Å². The molecule has 1 aliphatic rings. The zero-order valence-electron chi connectivity index (χ0n) is 12.2. The molecule has 3 rings (SSSR count). The van der Waals surface area contributed by atoms with Crippen molar-refractivity contribution in [1.82, 2.24) is 10.3 Å². The van der Waals surface area contributed by atoms with E-state index in [9.17, 15) is 0 Å². The van der Waals surface area contributed by atoms with Crippen molar-refractivity contribution in [3.8, 4) is 0 Å². The van der Waals surface area contributed by atoms with Gasteiger partial charge in [-0.3, -0.25) is 4.98 Å². The van der Waals surface area contributed by atoms with Crippen LogP contribution in [0.15, 0.2) is 36.4 Å². The Bertz CT molecular complexity index is 584. The van der Waals surface area contributed by atoms with Crippen LogP contribution in [-0.2, 0) is 11.2 Å². The first kappa shape index (κ1) is 13.5. The molecule has 0 radical (unpaired) electrons. The van der Waals surface area contributed by atoms with Gasteiger partial charge in [0.2, 0.25) is 0 Å². The molecule has 0 spiro atoms. The van der Waals surface area contributed by atoms with Crippen molar-refractivity contribution in [3.05, 3.63) is 42.1 Å². The summed E-state index contributed by atoms with van der Waals surface area (Å²) in [4.78, 5) is 4.78. The number of para-hydroxylation sites is 1. The van der Waals surface area contributed by atoms with Crippen LogP contribution in [0.3, 0.4) is 0 Å². The smallest absolute Gasteiger partial charge is 0.0705 e. The van der Waals surface area contributed by atoms with E-state index in [1.807, 2.05) is 13.1 Å². The lowest BCUT2D eigenvalue weighted by Gasteiger charge is -2.25. The van der Waals surface area contributed by atoms with Crippen LogP contribution in [-0.4, -0.2) is 30.8 Å². The maximum atomic E-state index is 5.70. The lowest BCUT2D eigenvalue weighted by molar-refractivity contribution is 0.0962. The predicted octanol–water partition coefficient (Wildman–Crippen LogP) is 2.79. The molecule has 0 amide bonds. The van der Waals surface area contributed by atoms with Crippen LogP contribution in [0.25, 0.3) is 10.9 Å². The van der Waals surface area contributed by atoms with E-state index in [1.54, 1.807) is 0 Å². The number of benzene rings is 1. The van der Waals surface area contributed by atoms with Gasteiger partial charge in [-0.2, -0.15) is 0 Å². The molecule has 3 atom stereocenters. The molecule has 1 aliphatic heterocycles. The first-order valence-corrected chi connectivity index (χ1v) is 7.41. The third kappa shape index (κ3) is 2.69. The molecule has 3 nitrogen and oxygen atoms in total. The Labute approximate surface area is 120 Å². The molecule has 1 aromatic heterocycles. The van der Waals surface area contributed by atoms with Crippen LogP contribution < -0.4 is 5.32 Å². The highest BCUT2D eigenvalue weighted by Gasteiger charge is 2.31. The van der Waals surface area contributed by atoms with Crippen molar-refractivity contribution in [2.75, 3.05) is 13.7 Å². The molecular formula is C17H22N2O. The average molecular weight is 270 g/mol. The van der Waals surface area contributed by atoms with Gasteiger partial charge in [-0.25, -0.2) is 0 Å². The molecule has 0 aliphatic carbocycles. The molecule has 0 bridgehead atoms. The molecular weight excluding hydrogens is 248 g/mol. The minimum Gasteiger partial charge on any atom is -0.378 e. The SMILES string of the molecule is CNC(Cc1ccc2ccccc2n1)C1CCOC1C. The van der Waals surface area contributed by atoms with Crippen molar-refractivity contribution in [2.24, 2.45) is 5.92 Å². The standard InChI is InChI=1S/C17H22N2O/c1-12-15(9-10-20-12)17(18-2)11-14-8-7-13-5-3-4-6-16(13)19-14/h3-8,12,15,17-18H,9-11H2,1-2H3. The Morgan fingerprint density at radius 3 is 2.90 bits per heavy atom. The third-order valence-corrected chi connectivity index (χ3v) is 4.41. The Morgan fingerprint density at radius 2 is 2.15 bits per heavy atom. The predicted molar refractivity (Wildman–Crippen MR) is 81.8 cm³/mol. The molecule has 1 aromatic carbocycles. The van der Waals surface area contributed by atoms with Gasteiger partial charge in [0, 0.05) is 36.1 Å². The molecule has 0 saturated carbocycles. The summed E-state index contributed by atoms with van der Waals surface area (Å²) >= 11 is 0. The third-order valence-electron chi connectivity index (χ3n) is 4.41. The number of pyridine rings is 1. The normalized spacial score (nSPS) is 24.1. The van der Waals surface area contributed by atoms with Crippen LogP contribution in [0.1, 0.15) is 19.0 Å². The summed E-state index contributed by atoms with van der Waals surface area (Å²) in [5.41, 5.74) is 2.23. The Morgan fingerprint density at radius 1 is 1.30 bits per heavy atom. The Balaban J connectivity index is 1.80. The summed E-state index contributed by atoms with van der Waals surface area (Å²) in [5.74, 6) is 0.577. The highest BCUT2D eigenvalue weighted by atomic mass is 16.5. The second-order valence-electron chi connectivity index (χ2n) is 5.62. The first-order valence-electron chi connectivity index (χ1n) is 7.41. The van der Waals surface area contributed by atoms with Gasteiger partial charge in [-0.15, -0.1) is 0 Å². The van der Waals surface area contributed by atoms with E-state index < -0.39 is 0 Å². The van der Waals surface area contributed by atoms with Crippen molar-refractivity contribution in [2.45, 2.75) is 31.9 Å². The van der Waals surface area contributed by atoms with Crippen LogP contribution >= 0.6 is 0 Å². The highest BCUT2D eigenvalue weighted by Crippen LogP contribution is 2.26. The molecule has 20 heavy (non-hydrogen) atoms. The van der Waals surface area contributed by atoms with Crippen LogP contribution in [0.5, 0.6) is 0 Å². The molecule has 3 unspecified atom stereocenters. The number of nitrogens with one attached hydrogen (secondary N) is 1. The molecule has 3 heteroatoms. The van der Waals surface area contributed by atoms with Crippen LogP contribution in [0.4, 0.5) is 0 Å². The summed E-state index contributed by atoms with van der Waals surface area (Å²) in [6, 6.07) is 13.0. The summed E-state index contributed by atoms with van der Waals surface area (Å²) in [7, 11) is 2.04. The zero-order chi connectivity index (χ0) is 13.9. The number of rotatable bonds is 4. The summed E-state index contributed by atoms with van der Waals surface area (Å²) in [5, 5.41) is 4.65. The molecule has 106 valence electrons. The second kappa shape index (κ2) is 5.90. The van der Waals surface area contributed by atoms with Gasteiger partial charge in [0.05, 0.1) is 11.6 Å². The van der Waals surface area contributed by atoms with Gasteiger partial charge in [-0.05, 0) is 32.5 Å². The fourth-order valence-electron chi connectivity index (χ4n) is 3.19. The number of likely N-dealkylation sites (N-methyl/N-ethyl adjacent to an activating group) is 1. The van der Waals surface area contributed by atoms with Gasteiger partial charge in [0.25, 0.3) is 0 Å². The van der Waals surface area contributed by atoms with Crippen molar-refractivity contribution >= 4 is 10.9 Å². The molecule has 1 N–H and O–H groups in total. The van der Waals surface area contributed by atoms with E-state index >= 15 is 0 Å². The van der Waals surface area contributed by atoms with E-state index in [4.69, 9.17) is 9.72 Å². The number of aromatic nitrogens is 1. The minimum atomic E-state index is 0.341. The number of ether oxygens (including phenoxy) is 1. The lowest BCUT2D eigenvalue weighted by atomic mass is 9.90. The quantitative estimate of drug-likeness (QED) is 0.927. The van der Waals surface area contributed by atoms with E-state index in [2.05, 4.69) is 42.6 Å². The minimum absolute atomic E-state index is 0.341. The second-order valence-corrected chi connectivity index (χ2v) is 5.62. The van der Waals surface area contributed by atoms with Gasteiger partial charge >= 0.3 is 0 Å². The zero-order valence-corrected chi connectivity index (χ0v) is 12.2. The van der Waals surface area contributed by atoms with Crippen molar-refractivity contribution in [1.29, 1.82) is 0 Å². The maximum absolute atomic E-state index is 5.70. The maximum Gasteiger partial charge on any atom is 0.0705 e. The highest BCUT2D eigenvalue weighted by molar-refractivity contribution is 5.78. The fraction of sp³-hybridized carbons (Fsp3) is 0.471. The lowest BCUT2D eigenvalue weighted by Crippen LogP contribution is -2.39. The number of nitrogens with zero attached hydrogens (tertiary/aromatic N) is 1. The summed E-state index contributed by atoms with van der Waals surface area (Å²) in [6.07, 6.45) is 2.44. The monoisotopic (exact) mass is 270 g/mol. The van der Waals surface area contributed by atoms with E-state index in [0.29, 0.717) is 18.1 Å². The van der Waals surface area contributed by atoms with Crippen LogP contribution in [0, 0.1) is 5.92 Å². The van der Waals surface area contributed by atoms with E-state index in [1.165, 1.54) is 5.39 Å². The number of hydrogen-bond acceptors (Lipinski definition) is 3. The van der Waals surface area contributed by atoms with Crippen LogP contribution in [0.2, 0.25) is 0 Å². The van der Waals surface area contributed by atoms with E-state index in [-0.39, 0.29) is 0 Å². The van der Waals surface area contributed by atoms with Gasteiger partial charge in [0.1, 0.15) is 0 Å². The Hall–Kier alpha value is -1.45. The molecule has 2 aromatic rings. The topological polar surface area (TPSA) is 34.2 Å². The summed E-state index contributed by atoms with van der Waals surface area (Å²) < 4.78 is 5.70. The fourth-order valence-corrected chi connectivity index (χ4v) is 3.19. The van der Waals surface area contributed by atoms with Gasteiger partial charge in [0.15, 0.2) is 0 Å². The van der Waals surface area contributed by atoms with Gasteiger partial charge < -0.3 is 10.1 Å². The van der Waals surface area contributed by atoms with Gasteiger partial charge in [-0.1, -0.05) is 24.3 Å². The largest absolute Gasteiger partial charge is 0.378 e. The number of fused-ring (bicyclic) bond motifs is 1. The number of hydrogen-bond donors (Lipinski definition) is 1. The molecule has 1 saturated heterocycles. The van der Waals surface area contributed by atoms with E-state index in [0.717, 1.165) is 30.7 Å². The molecule has 1 fully saturated rings. The summed E-state index contributed by atoms with van der Waals surface area (Å²) in [6.45, 7) is 3.06. The van der Waals surface area contributed by atoms with Crippen molar-refractivity contribution in [3.63, 3.8) is 0 Å².